The Morgan fingerprint density at radius 3 is 2.07 bits per heavy atom. The topological polar surface area (TPSA) is 98.7 Å². The lowest BCUT2D eigenvalue weighted by atomic mass is 10.0. The highest BCUT2D eigenvalue weighted by atomic mass is 32.2. The fourth-order valence-corrected chi connectivity index (χ4v) is 2.36. The molecular weight excluding hydrogens is 220 g/mol. The van der Waals surface area contributed by atoms with Crippen LogP contribution >= 0.6 is 0 Å². The van der Waals surface area contributed by atoms with Gasteiger partial charge >= 0.3 is 0 Å². The summed E-state index contributed by atoms with van der Waals surface area (Å²) in [5, 5.41) is 18.1. The highest BCUT2D eigenvalue weighted by molar-refractivity contribution is 7.87. The maximum Gasteiger partial charge on any atom is 0.277 e. The molecule has 0 aliphatic rings. The highest BCUT2D eigenvalue weighted by Crippen LogP contribution is 2.09. The average Bonchev–Trinajstić information content (AvgIpc) is 2.23. The largest absolute Gasteiger partial charge is 0.394 e. The number of rotatable bonds is 8. The predicted molar refractivity (Wildman–Crippen MR) is 57.5 cm³/mol. The summed E-state index contributed by atoms with van der Waals surface area (Å²) in [6.07, 6.45) is 0.991. The van der Waals surface area contributed by atoms with Crippen LogP contribution in [0.5, 0.6) is 0 Å². The van der Waals surface area contributed by atoms with E-state index >= 15 is 0 Å². The Morgan fingerprint density at radius 2 is 1.73 bits per heavy atom. The summed E-state index contributed by atoms with van der Waals surface area (Å²) >= 11 is 0. The first-order valence-electron chi connectivity index (χ1n) is 4.95. The lowest BCUT2D eigenvalue weighted by molar-refractivity contribution is 0.105. The summed E-state index contributed by atoms with van der Waals surface area (Å²) < 4.78 is 27.4. The molecule has 92 valence electrons. The van der Waals surface area contributed by atoms with Crippen LogP contribution in [-0.2, 0) is 10.2 Å². The van der Waals surface area contributed by atoms with Crippen LogP contribution in [0.15, 0.2) is 0 Å². The van der Waals surface area contributed by atoms with E-state index in [0.29, 0.717) is 19.4 Å². The first kappa shape index (κ1) is 14.8. The molecule has 0 saturated heterocycles. The van der Waals surface area contributed by atoms with Crippen molar-refractivity contribution in [3.63, 3.8) is 0 Å². The van der Waals surface area contributed by atoms with Crippen molar-refractivity contribution < 1.29 is 18.6 Å². The molecule has 0 aromatic heterocycles. The minimum atomic E-state index is -3.66. The van der Waals surface area contributed by atoms with E-state index < -0.39 is 29.0 Å². The Morgan fingerprint density at radius 1 is 1.20 bits per heavy atom. The number of aliphatic hydroxyl groups excluding tert-OH is 2. The second kappa shape index (κ2) is 6.39. The maximum atomic E-state index is 11.4. The van der Waals surface area contributed by atoms with Gasteiger partial charge in [0.05, 0.1) is 18.8 Å². The van der Waals surface area contributed by atoms with Crippen LogP contribution in [-0.4, -0.2) is 43.9 Å². The van der Waals surface area contributed by atoms with Crippen molar-refractivity contribution >= 4 is 10.2 Å². The standard InChI is InChI=1S/C8H20N2O4S/c1-3-5-9-15(13,14)10-8(4-2,6-11)7-12/h9-12H,3-7H2,1-2H3. The first-order valence-corrected chi connectivity index (χ1v) is 6.44. The van der Waals surface area contributed by atoms with Crippen molar-refractivity contribution in [3.05, 3.63) is 0 Å². The van der Waals surface area contributed by atoms with Crippen molar-refractivity contribution in [2.45, 2.75) is 32.2 Å². The van der Waals surface area contributed by atoms with Gasteiger partial charge in [-0.15, -0.1) is 0 Å². The average molecular weight is 240 g/mol. The van der Waals surface area contributed by atoms with Crippen molar-refractivity contribution in [2.24, 2.45) is 0 Å². The van der Waals surface area contributed by atoms with Gasteiger partial charge in [0.1, 0.15) is 0 Å². The molecule has 0 amide bonds. The number of aliphatic hydroxyl groups is 2. The van der Waals surface area contributed by atoms with E-state index in [2.05, 4.69) is 9.44 Å². The van der Waals surface area contributed by atoms with Crippen LogP contribution in [0.3, 0.4) is 0 Å². The van der Waals surface area contributed by atoms with Gasteiger partial charge in [-0.3, -0.25) is 0 Å². The zero-order chi connectivity index (χ0) is 11.9. The van der Waals surface area contributed by atoms with Gasteiger partial charge in [0, 0.05) is 6.54 Å². The van der Waals surface area contributed by atoms with Gasteiger partial charge in [0.15, 0.2) is 0 Å². The van der Waals surface area contributed by atoms with Crippen molar-refractivity contribution in [1.82, 2.24) is 9.44 Å². The van der Waals surface area contributed by atoms with Gasteiger partial charge in [0.2, 0.25) is 0 Å². The number of nitrogens with one attached hydrogen (secondary N) is 2. The fourth-order valence-electron chi connectivity index (χ4n) is 0.968. The Hall–Kier alpha value is -0.210. The first-order chi connectivity index (χ1) is 6.95. The smallest absolute Gasteiger partial charge is 0.277 e. The van der Waals surface area contributed by atoms with E-state index in [1.54, 1.807) is 6.92 Å². The number of hydrogen-bond donors (Lipinski definition) is 4. The van der Waals surface area contributed by atoms with Crippen LogP contribution in [0.25, 0.3) is 0 Å². The van der Waals surface area contributed by atoms with Crippen LogP contribution in [0.4, 0.5) is 0 Å². The van der Waals surface area contributed by atoms with Gasteiger partial charge in [-0.2, -0.15) is 13.1 Å². The summed E-state index contributed by atoms with van der Waals surface area (Å²) in [5.41, 5.74) is -1.18. The molecule has 0 unspecified atom stereocenters. The lowest BCUT2D eigenvalue weighted by Crippen LogP contribution is -2.56. The molecule has 0 saturated carbocycles. The SMILES string of the molecule is CCCNS(=O)(=O)NC(CC)(CO)CO. The minimum Gasteiger partial charge on any atom is -0.394 e. The molecule has 0 fully saturated rings. The van der Waals surface area contributed by atoms with Crippen LogP contribution < -0.4 is 9.44 Å². The van der Waals surface area contributed by atoms with E-state index in [-0.39, 0.29) is 0 Å². The zero-order valence-electron chi connectivity index (χ0n) is 9.15. The molecule has 0 atom stereocenters. The minimum absolute atomic E-state index is 0.313. The van der Waals surface area contributed by atoms with E-state index in [1.165, 1.54) is 0 Å². The second-order valence-electron chi connectivity index (χ2n) is 3.45. The molecule has 0 radical (unpaired) electrons. The quantitative estimate of drug-likeness (QED) is 0.435. The third kappa shape index (κ3) is 4.89. The Balaban J connectivity index is 4.52. The van der Waals surface area contributed by atoms with Crippen LogP contribution in [0, 0.1) is 0 Å². The molecule has 4 N–H and O–H groups in total. The molecule has 0 aromatic rings. The van der Waals surface area contributed by atoms with Gasteiger partial charge in [-0.05, 0) is 12.8 Å². The van der Waals surface area contributed by atoms with Crippen LogP contribution in [0.2, 0.25) is 0 Å². The van der Waals surface area contributed by atoms with Gasteiger partial charge in [-0.25, -0.2) is 4.72 Å². The molecule has 0 heterocycles. The van der Waals surface area contributed by atoms with Gasteiger partial charge in [0.25, 0.3) is 10.2 Å². The monoisotopic (exact) mass is 240 g/mol. The van der Waals surface area contributed by atoms with Crippen LogP contribution in [0.1, 0.15) is 26.7 Å². The predicted octanol–water partition coefficient (Wildman–Crippen LogP) is -1.05. The Kier molecular flexibility index (Phi) is 6.30. The second-order valence-corrected chi connectivity index (χ2v) is 4.95. The van der Waals surface area contributed by atoms with Crippen molar-refractivity contribution in [2.75, 3.05) is 19.8 Å². The third-order valence-electron chi connectivity index (χ3n) is 2.18. The molecule has 0 bridgehead atoms. The lowest BCUT2D eigenvalue weighted by Gasteiger charge is -2.29. The molecule has 6 nitrogen and oxygen atoms in total. The molecule has 0 spiro atoms. The Bertz CT molecular complexity index is 254. The van der Waals surface area contributed by atoms with Crippen molar-refractivity contribution in [1.29, 1.82) is 0 Å². The molecule has 0 aliphatic heterocycles. The third-order valence-corrected chi connectivity index (χ3v) is 3.46. The molecule has 0 aromatic carbocycles. The summed E-state index contributed by atoms with van der Waals surface area (Å²) in [5.74, 6) is 0. The van der Waals surface area contributed by atoms with E-state index in [4.69, 9.17) is 10.2 Å². The molecular formula is C8H20N2O4S. The fraction of sp³-hybridized carbons (Fsp3) is 1.00. The van der Waals surface area contributed by atoms with Crippen molar-refractivity contribution in [3.8, 4) is 0 Å². The highest BCUT2D eigenvalue weighted by Gasteiger charge is 2.31. The van der Waals surface area contributed by atoms with E-state index in [0.717, 1.165) is 0 Å². The van der Waals surface area contributed by atoms with E-state index in [1.807, 2.05) is 6.92 Å². The molecule has 0 aliphatic carbocycles. The molecule has 15 heavy (non-hydrogen) atoms. The van der Waals surface area contributed by atoms with Gasteiger partial charge < -0.3 is 10.2 Å². The zero-order valence-corrected chi connectivity index (χ0v) is 9.97. The maximum absolute atomic E-state index is 11.4. The molecule has 7 heteroatoms. The number of hydrogen-bond acceptors (Lipinski definition) is 4. The Labute approximate surface area is 90.9 Å². The van der Waals surface area contributed by atoms with E-state index in [9.17, 15) is 8.42 Å². The normalized spacial score (nSPS) is 13.1. The summed E-state index contributed by atoms with van der Waals surface area (Å²) in [7, 11) is -3.66. The molecule has 0 rings (SSSR count). The summed E-state index contributed by atoms with van der Waals surface area (Å²) in [4.78, 5) is 0. The summed E-state index contributed by atoms with van der Waals surface area (Å²) in [6, 6.07) is 0. The van der Waals surface area contributed by atoms with Gasteiger partial charge in [-0.1, -0.05) is 13.8 Å². The summed E-state index contributed by atoms with van der Waals surface area (Å²) in [6.45, 7) is 2.98.